The molecule has 0 heterocycles. The fourth-order valence-corrected chi connectivity index (χ4v) is 2.64. The third kappa shape index (κ3) is 4.43. The standard InChI is InChI=1S/C20H25NO3/c1-14(2)20(23)24-19-9-8-15(13-22)12-18(19)17(10-11-21)16-6-4-3-5-7-16/h3-9,12,14,17,22H,10-11,13,21H2,1-2H3/t17-/m0/s1. The Morgan fingerprint density at radius 2 is 1.88 bits per heavy atom. The molecule has 24 heavy (non-hydrogen) atoms. The summed E-state index contributed by atoms with van der Waals surface area (Å²) in [6.45, 7) is 4.06. The van der Waals surface area contributed by atoms with Crippen molar-refractivity contribution >= 4 is 5.97 Å². The highest BCUT2D eigenvalue weighted by atomic mass is 16.5. The Balaban J connectivity index is 2.48. The van der Waals surface area contributed by atoms with Crippen LogP contribution >= 0.6 is 0 Å². The number of aliphatic hydroxyl groups excluding tert-OH is 1. The zero-order valence-electron chi connectivity index (χ0n) is 14.2. The van der Waals surface area contributed by atoms with Gasteiger partial charge in [-0.3, -0.25) is 4.79 Å². The summed E-state index contributed by atoms with van der Waals surface area (Å²) in [5, 5.41) is 9.47. The van der Waals surface area contributed by atoms with Gasteiger partial charge in [-0.05, 0) is 36.2 Å². The van der Waals surface area contributed by atoms with Crippen LogP contribution in [0.3, 0.4) is 0 Å². The molecule has 0 aliphatic carbocycles. The maximum absolute atomic E-state index is 12.0. The summed E-state index contributed by atoms with van der Waals surface area (Å²) in [6, 6.07) is 15.4. The van der Waals surface area contributed by atoms with Gasteiger partial charge in [0, 0.05) is 11.5 Å². The quantitative estimate of drug-likeness (QED) is 0.605. The highest BCUT2D eigenvalue weighted by Gasteiger charge is 2.21. The van der Waals surface area contributed by atoms with Crippen molar-refractivity contribution in [3.05, 3.63) is 65.2 Å². The number of hydrogen-bond acceptors (Lipinski definition) is 4. The first kappa shape index (κ1) is 18.2. The molecule has 0 amide bonds. The number of carbonyl (C=O) groups excluding carboxylic acids is 1. The summed E-state index contributed by atoms with van der Waals surface area (Å²) >= 11 is 0. The predicted octanol–water partition coefficient (Wildman–Crippen LogP) is 3.22. The first-order chi connectivity index (χ1) is 11.6. The molecule has 2 aromatic rings. The number of carbonyl (C=O) groups is 1. The van der Waals surface area contributed by atoms with Crippen LogP contribution in [-0.4, -0.2) is 17.6 Å². The van der Waals surface area contributed by atoms with Crippen molar-refractivity contribution in [3.8, 4) is 5.75 Å². The van der Waals surface area contributed by atoms with Gasteiger partial charge in [-0.15, -0.1) is 0 Å². The highest BCUT2D eigenvalue weighted by Crippen LogP contribution is 2.35. The molecule has 2 aromatic carbocycles. The molecular formula is C20H25NO3. The minimum atomic E-state index is -0.271. The van der Waals surface area contributed by atoms with E-state index >= 15 is 0 Å². The Kier molecular flexibility index (Phi) is 6.53. The number of esters is 1. The van der Waals surface area contributed by atoms with Crippen molar-refractivity contribution in [2.24, 2.45) is 11.7 Å². The molecule has 0 aromatic heterocycles. The number of nitrogens with two attached hydrogens (primary N) is 1. The largest absolute Gasteiger partial charge is 0.426 e. The molecule has 0 spiro atoms. The zero-order chi connectivity index (χ0) is 17.5. The predicted molar refractivity (Wildman–Crippen MR) is 94.8 cm³/mol. The van der Waals surface area contributed by atoms with Crippen LogP contribution in [-0.2, 0) is 11.4 Å². The molecule has 4 nitrogen and oxygen atoms in total. The monoisotopic (exact) mass is 327 g/mol. The Morgan fingerprint density at radius 3 is 2.46 bits per heavy atom. The summed E-state index contributed by atoms with van der Waals surface area (Å²) in [5.41, 5.74) is 8.59. The Hall–Kier alpha value is -2.17. The van der Waals surface area contributed by atoms with E-state index in [-0.39, 0.29) is 24.4 Å². The van der Waals surface area contributed by atoms with Crippen molar-refractivity contribution < 1.29 is 14.6 Å². The number of rotatable bonds is 7. The molecule has 0 saturated carbocycles. The molecule has 0 bridgehead atoms. The molecule has 0 aliphatic rings. The molecule has 0 unspecified atom stereocenters. The van der Waals surface area contributed by atoms with Crippen LogP contribution < -0.4 is 10.5 Å². The van der Waals surface area contributed by atoms with Gasteiger partial charge < -0.3 is 15.6 Å². The van der Waals surface area contributed by atoms with Gasteiger partial charge in [-0.2, -0.15) is 0 Å². The van der Waals surface area contributed by atoms with E-state index in [1.165, 1.54) is 0 Å². The topological polar surface area (TPSA) is 72.5 Å². The Bertz CT molecular complexity index is 668. The van der Waals surface area contributed by atoms with Gasteiger partial charge in [-0.25, -0.2) is 0 Å². The van der Waals surface area contributed by atoms with Gasteiger partial charge in [0.25, 0.3) is 0 Å². The summed E-state index contributed by atoms with van der Waals surface area (Å²) in [5.74, 6) is 0.0680. The maximum Gasteiger partial charge on any atom is 0.313 e. The van der Waals surface area contributed by atoms with Crippen LogP contribution in [0.2, 0.25) is 0 Å². The highest BCUT2D eigenvalue weighted by molar-refractivity contribution is 5.75. The second-order valence-electron chi connectivity index (χ2n) is 6.15. The fourth-order valence-electron chi connectivity index (χ4n) is 2.64. The minimum absolute atomic E-state index is 0.0117. The van der Waals surface area contributed by atoms with Crippen LogP contribution in [0.5, 0.6) is 5.75 Å². The number of aliphatic hydroxyl groups is 1. The lowest BCUT2D eigenvalue weighted by Crippen LogP contribution is -2.17. The van der Waals surface area contributed by atoms with E-state index in [0.29, 0.717) is 12.3 Å². The van der Waals surface area contributed by atoms with Gasteiger partial charge in [0.15, 0.2) is 0 Å². The molecule has 2 rings (SSSR count). The first-order valence-corrected chi connectivity index (χ1v) is 8.27. The second-order valence-corrected chi connectivity index (χ2v) is 6.15. The van der Waals surface area contributed by atoms with Gasteiger partial charge >= 0.3 is 5.97 Å². The van der Waals surface area contributed by atoms with Crippen molar-refractivity contribution in [2.75, 3.05) is 6.54 Å². The molecule has 0 aliphatic heterocycles. The van der Waals surface area contributed by atoms with E-state index in [0.717, 1.165) is 23.1 Å². The van der Waals surface area contributed by atoms with Crippen molar-refractivity contribution in [1.82, 2.24) is 0 Å². The van der Waals surface area contributed by atoms with Crippen LogP contribution in [0.25, 0.3) is 0 Å². The summed E-state index contributed by atoms with van der Waals surface area (Å²) in [4.78, 5) is 12.0. The fraction of sp³-hybridized carbons (Fsp3) is 0.350. The Morgan fingerprint density at radius 1 is 1.17 bits per heavy atom. The lowest BCUT2D eigenvalue weighted by atomic mass is 9.87. The van der Waals surface area contributed by atoms with Crippen molar-refractivity contribution in [3.63, 3.8) is 0 Å². The van der Waals surface area contributed by atoms with E-state index in [4.69, 9.17) is 10.5 Å². The normalized spacial score (nSPS) is 12.2. The molecule has 4 heteroatoms. The molecule has 1 atom stereocenters. The Labute approximate surface area is 143 Å². The van der Waals surface area contributed by atoms with E-state index in [2.05, 4.69) is 0 Å². The third-order valence-corrected chi connectivity index (χ3v) is 3.97. The molecule has 0 fully saturated rings. The minimum Gasteiger partial charge on any atom is -0.426 e. The maximum atomic E-state index is 12.0. The third-order valence-electron chi connectivity index (χ3n) is 3.97. The SMILES string of the molecule is CC(C)C(=O)Oc1ccc(CO)cc1[C@@H](CCN)c1ccccc1. The van der Waals surface area contributed by atoms with E-state index in [9.17, 15) is 9.90 Å². The molecule has 0 radical (unpaired) electrons. The average Bonchev–Trinajstić information content (AvgIpc) is 2.60. The van der Waals surface area contributed by atoms with E-state index in [1.54, 1.807) is 26.0 Å². The summed E-state index contributed by atoms with van der Waals surface area (Å²) in [6.07, 6.45) is 0.727. The van der Waals surface area contributed by atoms with Gasteiger partial charge in [-0.1, -0.05) is 50.2 Å². The summed E-state index contributed by atoms with van der Waals surface area (Å²) in [7, 11) is 0. The van der Waals surface area contributed by atoms with Crippen molar-refractivity contribution in [2.45, 2.75) is 32.8 Å². The van der Waals surface area contributed by atoms with Crippen LogP contribution in [0.4, 0.5) is 0 Å². The number of ether oxygens (including phenoxy) is 1. The van der Waals surface area contributed by atoms with E-state index in [1.807, 2.05) is 36.4 Å². The molecular weight excluding hydrogens is 302 g/mol. The zero-order valence-corrected chi connectivity index (χ0v) is 14.2. The molecule has 0 saturated heterocycles. The van der Waals surface area contributed by atoms with Crippen LogP contribution in [0.1, 0.15) is 42.9 Å². The number of benzene rings is 2. The smallest absolute Gasteiger partial charge is 0.313 e. The lowest BCUT2D eigenvalue weighted by Gasteiger charge is -2.21. The molecule has 128 valence electrons. The van der Waals surface area contributed by atoms with Gasteiger partial charge in [0.2, 0.25) is 0 Å². The van der Waals surface area contributed by atoms with Gasteiger partial charge in [0.05, 0.1) is 12.5 Å². The molecule has 3 N–H and O–H groups in total. The lowest BCUT2D eigenvalue weighted by molar-refractivity contribution is -0.137. The first-order valence-electron chi connectivity index (χ1n) is 8.27. The average molecular weight is 327 g/mol. The summed E-state index contributed by atoms with van der Waals surface area (Å²) < 4.78 is 5.59. The van der Waals surface area contributed by atoms with E-state index < -0.39 is 0 Å². The van der Waals surface area contributed by atoms with Crippen LogP contribution in [0.15, 0.2) is 48.5 Å². The second kappa shape index (κ2) is 8.62. The van der Waals surface area contributed by atoms with Gasteiger partial charge in [0.1, 0.15) is 5.75 Å². The van der Waals surface area contributed by atoms with Crippen molar-refractivity contribution in [1.29, 1.82) is 0 Å². The van der Waals surface area contributed by atoms with Crippen LogP contribution in [0, 0.1) is 5.92 Å². The number of hydrogen-bond donors (Lipinski definition) is 2.